The fourth-order valence-corrected chi connectivity index (χ4v) is 1.69. The molecular formula is C12H12N2O. The standard InChI is InChI=1S/C12H12N2O/c1-9-6-10(2)14(12(15)7-9)11-4-3-5-13-8-11/h3-8H,1-2H3. The molecule has 76 valence electrons. The van der Waals surface area contributed by atoms with Crippen LogP contribution < -0.4 is 5.56 Å². The van der Waals surface area contributed by atoms with Crippen molar-refractivity contribution in [2.75, 3.05) is 0 Å². The van der Waals surface area contributed by atoms with Crippen LogP contribution in [0.5, 0.6) is 0 Å². The highest BCUT2D eigenvalue weighted by atomic mass is 16.1. The molecule has 0 bridgehead atoms. The number of hydrogen-bond acceptors (Lipinski definition) is 2. The molecule has 3 nitrogen and oxygen atoms in total. The van der Waals surface area contributed by atoms with E-state index in [1.165, 1.54) is 0 Å². The molecule has 0 amide bonds. The zero-order valence-electron chi connectivity index (χ0n) is 8.77. The van der Waals surface area contributed by atoms with Crippen LogP contribution in [0.4, 0.5) is 0 Å². The van der Waals surface area contributed by atoms with Crippen LogP contribution in [0, 0.1) is 13.8 Å². The quantitative estimate of drug-likeness (QED) is 0.704. The molecule has 0 atom stereocenters. The number of nitrogens with zero attached hydrogens (tertiary/aromatic N) is 2. The molecule has 2 aromatic rings. The highest BCUT2D eigenvalue weighted by molar-refractivity contribution is 5.32. The SMILES string of the molecule is Cc1cc(C)n(-c2cccnc2)c(=O)c1. The zero-order chi connectivity index (χ0) is 10.8. The lowest BCUT2D eigenvalue weighted by Gasteiger charge is -2.09. The largest absolute Gasteiger partial charge is 0.280 e. The second-order valence-corrected chi connectivity index (χ2v) is 3.56. The molecule has 2 heterocycles. The van der Waals surface area contributed by atoms with Gasteiger partial charge in [-0.1, -0.05) is 0 Å². The van der Waals surface area contributed by atoms with Gasteiger partial charge in [0.25, 0.3) is 5.56 Å². The van der Waals surface area contributed by atoms with Gasteiger partial charge in [-0.25, -0.2) is 0 Å². The molecule has 0 N–H and O–H groups in total. The van der Waals surface area contributed by atoms with Gasteiger partial charge in [-0.05, 0) is 37.6 Å². The Morgan fingerprint density at radius 3 is 2.67 bits per heavy atom. The third-order valence-electron chi connectivity index (χ3n) is 2.26. The minimum Gasteiger partial charge on any atom is -0.280 e. The number of rotatable bonds is 1. The van der Waals surface area contributed by atoms with Crippen molar-refractivity contribution >= 4 is 0 Å². The van der Waals surface area contributed by atoms with Crippen LogP contribution >= 0.6 is 0 Å². The minimum atomic E-state index is -0.0134. The van der Waals surface area contributed by atoms with E-state index < -0.39 is 0 Å². The summed E-state index contributed by atoms with van der Waals surface area (Å²) >= 11 is 0. The van der Waals surface area contributed by atoms with Gasteiger partial charge in [0, 0.05) is 18.0 Å². The molecule has 0 saturated carbocycles. The van der Waals surface area contributed by atoms with Gasteiger partial charge in [0.1, 0.15) is 0 Å². The van der Waals surface area contributed by atoms with Crippen molar-refractivity contribution in [3.05, 3.63) is 58.3 Å². The summed E-state index contributed by atoms with van der Waals surface area (Å²) in [7, 11) is 0. The molecule has 0 aliphatic heterocycles. The molecule has 15 heavy (non-hydrogen) atoms. The number of pyridine rings is 2. The molecule has 0 aliphatic rings. The predicted molar refractivity (Wildman–Crippen MR) is 59.3 cm³/mol. The normalized spacial score (nSPS) is 10.3. The van der Waals surface area contributed by atoms with Gasteiger partial charge in [0.15, 0.2) is 0 Å². The van der Waals surface area contributed by atoms with Crippen LogP contribution in [0.25, 0.3) is 5.69 Å². The average molecular weight is 200 g/mol. The molecule has 2 aromatic heterocycles. The van der Waals surface area contributed by atoms with Crippen molar-refractivity contribution in [3.8, 4) is 5.69 Å². The molecule has 0 fully saturated rings. The van der Waals surface area contributed by atoms with Crippen molar-refractivity contribution in [2.45, 2.75) is 13.8 Å². The molecule has 0 saturated heterocycles. The first-order valence-corrected chi connectivity index (χ1v) is 4.79. The Morgan fingerprint density at radius 2 is 2.07 bits per heavy atom. The summed E-state index contributed by atoms with van der Waals surface area (Å²) in [4.78, 5) is 15.8. The first-order valence-electron chi connectivity index (χ1n) is 4.79. The van der Waals surface area contributed by atoms with E-state index >= 15 is 0 Å². The van der Waals surface area contributed by atoms with E-state index in [-0.39, 0.29) is 5.56 Å². The lowest BCUT2D eigenvalue weighted by atomic mass is 10.2. The molecule has 2 rings (SSSR count). The van der Waals surface area contributed by atoms with E-state index in [2.05, 4.69) is 4.98 Å². The van der Waals surface area contributed by atoms with Crippen LogP contribution in [0.3, 0.4) is 0 Å². The Labute approximate surface area is 88.0 Å². The number of aromatic nitrogens is 2. The van der Waals surface area contributed by atoms with Crippen LogP contribution in [0.1, 0.15) is 11.3 Å². The van der Waals surface area contributed by atoms with Crippen molar-refractivity contribution < 1.29 is 0 Å². The summed E-state index contributed by atoms with van der Waals surface area (Å²) < 4.78 is 1.65. The summed E-state index contributed by atoms with van der Waals surface area (Å²) in [6, 6.07) is 7.30. The third kappa shape index (κ3) is 1.81. The number of aryl methyl sites for hydroxylation is 2. The van der Waals surface area contributed by atoms with Gasteiger partial charge in [0.05, 0.1) is 11.9 Å². The Kier molecular flexibility index (Phi) is 2.37. The maximum atomic E-state index is 11.8. The second kappa shape index (κ2) is 3.69. The Balaban J connectivity index is 2.69. The van der Waals surface area contributed by atoms with E-state index in [1.807, 2.05) is 32.0 Å². The van der Waals surface area contributed by atoms with Gasteiger partial charge in [-0.2, -0.15) is 0 Å². The van der Waals surface area contributed by atoms with Crippen molar-refractivity contribution in [2.24, 2.45) is 0 Å². The molecule has 0 aliphatic carbocycles. The number of hydrogen-bond donors (Lipinski definition) is 0. The monoisotopic (exact) mass is 200 g/mol. The van der Waals surface area contributed by atoms with E-state index in [1.54, 1.807) is 23.0 Å². The van der Waals surface area contributed by atoms with Gasteiger partial charge >= 0.3 is 0 Å². The molecule has 3 heteroatoms. The molecule has 0 radical (unpaired) electrons. The Morgan fingerprint density at radius 1 is 1.27 bits per heavy atom. The first kappa shape index (κ1) is 9.65. The Hall–Kier alpha value is -1.90. The van der Waals surface area contributed by atoms with Gasteiger partial charge < -0.3 is 0 Å². The van der Waals surface area contributed by atoms with Crippen molar-refractivity contribution in [1.82, 2.24) is 9.55 Å². The van der Waals surface area contributed by atoms with E-state index in [0.29, 0.717) is 0 Å². The van der Waals surface area contributed by atoms with Gasteiger partial charge in [0.2, 0.25) is 0 Å². The molecule has 0 unspecified atom stereocenters. The smallest absolute Gasteiger partial charge is 0.255 e. The van der Waals surface area contributed by atoms with E-state index in [4.69, 9.17) is 0 Å². The molecular weight excluding hydrogens is 188 g/mol. The van der Waals surface area contributed by atoms with Gasteiger partial charge in [-0.3, -0.25) is 14.3 Å². The van der Waals surface area contributed by atoms with Crippen molar-refractivity contribution in [1.29, 1.82) is 0 Å². The molecule has 0 spiro atoms. The summed E-state index contributed by atoms with van der Waals surface area (Å²) in [5.74, 6) is 0. The van der Waals surface area contributed by atoms with E-state index in [9.17, 15) is 4.79 Å². The van der Waals surface area contributed by atoms with Crippen LogP contribution in [-0.2, 0) is 0 Å². The summed E-state index contributed by atoms with van der Waals surface area (Å²) in [6.45, 7) is 3.84. The highest BCUT2D eigenvalue weighted by Gasteiger charge is 2.03. The fourth-order valence-electron chi connectivity index (χ4n) is 1.69. The van der Waals surface area contributed by atoms with Crippen LogP contribution in [0.2, 0.25) is 0 Å². The fraction of sp³-hybridized carbons (Fsp3) is 0.167. The second-order valence-electron chi connectivity index (χ2n) is 3.56. The minimum absolute atomic E-state index is 0.0134. The summed E-state index contributed by atoms with van der Waals surface area (Å²) in [5, 5.41) is 0. The molecule has 0 aromatic carbocycles. The average Bonchev–Trinajstić information content (AvgIpc) is 2.17. The van der Waals surface area contributed by atoms with Crippen molar-refractivity contribution in [3.63, 3.8) is 0 Å². The summed E-state index contributed by atoms with van der Waals surface area (Å²) in [5.41, 5.74) is 2.70. The highest BCUT2D eigenvalue weighted by Crippen LogP contribution is 2.07. The Bertz CT molecular complexity index is 529. The predicted octanol–water partition coefficient (Wildman–Crippen LogP) is 1.85. The maximum absolute atomic E-state index is 11.8. The lowest BCUT2D eigenvalue weighted by molar-refractivity contribution is 0.919. The summed E-state index contributed by atoms with van der Waals surface area (Å²) in [6.07, 6.45) is 3.38. The first-order chi connectivity index (χ1) is 7.18. The third-order valence-corrected chi connectivity index (χ3v) is 2.26. The topological polar surface area (TPSA) is 34.9 Å². The zero-order valence-corrected chi connectivity index (χ0v) is 8.77. The lowest BCUT2D eigenvalue weighted by Crippen LogP contribution is -2.19. The van der Waals surface area contributed by atoms with E-state index in [0.717, 1.165) is 16.9 Å². The van der Waals surface area contributed by atoms with Crippen LogP contribution in [0.15, 0.2) is 41.5 Å². The maximum Gasteiger partial charge on any atom is 0.255 e. The van der Waals surface area contributed by atoms with Crippen LogP contribution in [-0.4, -0.2) is 9.55 Å². The van der Waals surface area contributed by atoms with Gasteiger partial charge in [-0.15, -0.1) is 0 Å².